The van der Waals surface area contributed by atoms with Crippen molar-refractivity contribution in [3.8, 4) is 0 Å². The van der Waals surface area contributed by atoms with Gasteiger partial charge in [-0.1, -0.05) is 33.5 Å². The first-order valence-electron chi connectivity index (χ1n) is 6.45. The number of hydrogen-bond acceptors (Lipinski definition) is 4. The van der Waals surface area contributed by atoms with Gasteiger partial charge in [-0.05, 0) is 12.0 Å². The fourth-order valence-corrected chi connectivity index (χ4v) is 2.19. The SMILES string of the molecule is CC(C)C(O)c1nncn1COCC[Si](C)(C)C. The number of aliphatic hydroxyl groups excluding tert-OH is 1. The van der Waals surface area contributed by atoms with E-state index in [1.807, 2.05) is 13.8 Å². The van der Waals surface area contributed by atoms with Crippen LogP contribution in [0, 0.1) is 5.92 Å². The normalized spacial score (nSPS) is 14.2. The molecular formula is C12H25N3O2Si. The van der Waals surface area contributed by atoms with Gasteiger partial charge in [0.2, 0.25) is 0 Å². The van der Waals surface area contributed by atoms with Gasteiger partial charge in [-0.2, -0.15) is 0 Å². The second-order valence-electron chi connectivity index (χ2n) is 6.20. The molecule has 1 atom stereocenters. The van der Waals surface area contributed by atoms with Gasteiger partial charge < -0.3 is 9.84 Å². The number of rotatable bonds is 7. The Bertz CT molecular complexity index is 360. The van der Waals surface area contributed by atoms with Gasteiger partial charge in [0.15, 0.2) is 5.82 Å². The highest BCUT2D eigenvalue weighted by molar-refractivity contribution is 6.76. The lowest BCUT2D eigenvalue weighted by molar-refractivity contribution is 0.0657. The van der Waals surface area contributed by atoms with Gasteiger partial charge >= 0.3 is 0 Å². The minimum atomic E-state index is -1.05. The lowest BCUT2D eigenvalue weighted by Crippen LogP contribution is -2.22. The minimum Gasteiger partial charge on any atom is -0.385 e. The van der Waals surface area contributed by atoms with E-state index in [4.69, 9.17) is 4.74 Å². The van der Waals surface area contributed by atoms with Crippen LogP contribution in [0.4, 0.5) is 0 Å². The lowest BCUT2D eigenvalue weighted by atomic mass is 10.1. The molecule has 0 radical (unpaired) electrons. The predicted octanol–water partition coefficient (Wildman–Crippen LogP) is 2.28. The molecule has 1 aromatic rings. The molecule has 18 heavy (non-hydrogen) atoms. The van der Waals surface area contributed by atoms with Crippen LogP contribution >= 0.6 is 0 Å². The zero-order chi connectivity index (χ0) is 13.8. The highest BCUT2D eigenvalue weighted by atomic mass is 28.3. The first-order chi connectivity index (χ1) is 8.31. The molecule has 104 valence electrons. The first kappa shape index (κ1) is 15.3. The Morgan fingerprint density at radius 1 is 1.39 bits per heavy atom. The molecule has 0 amide bonds. The molecule has 1 unspecified atom stereocenters. The van der Waals surface area contributed by atoms with Crippen molar-refractivity contribution in [2.45, 2.75) is 52.4 Å². The van der Waals surface area contributed by atoms with Gasteiger partial charge in [0.25, 0.3) is 0 Å². The molecule has 0 saturated carbocycles. The summed E-state index contributed by atoms with van der Waals surface area (Å²) in [5, 5.41) is 17.8. The van der Waals surface area contributed by atoms with Crippen LogP contribution in [-0.4, -0.2) is 34.6 Å². The van der Waals surface area contributed by atoms with Gasteiger partial charge in [0, 0.05) is 14.7 Å². The number of aromatic nitrogens is 3. The molecule has 5 nitrogen and oxygen atoms in total. The molecule has 0 spiro atoms. The fraction of sp³-hybridized carbons (Fsp3) is 0.833. The first-order valence-corrected chi connectivity index (χ1v) is 10.2. The lowest BCUT2D eigenvalue weighted by Gasteiger charge is -2.17. The Hall–Kier alpha value is -0.723. The third kappa shape index (κ3) is 4.87. The van der Waals surface area contributed by atoms with Crippen LogP contribution in [0.2, 0.25) is 25.7 Å². The molecule has 6 heteroatoms. The number of nitrogens with zero attached hydrogens (tertiary/aromatic N) is 3. The van der Waals surface area contributed by atoms with E-state index in [9.17, 15) is 5.11 Å². The van der Waals surface area contributed by atoms with E-state index in [2.05, 4.69) is 29.8 Å². The van der Waals surface area contributed by atoms with Crippen molar-refractivity contribution in [1.29, 1.82) is 0 Å². The average molecular weight is 271 g/mol. The molecule has 0 bridgehead atoms. The number of aliphatic hydroxyl groups is 1. The second kappa shape index (κ2) is 6.45. The van der Waals surface area contributed by atoms with Crippen LogP contribution in [0.5, 0.6) is 0 Å². The van der Waals surface area contributed by atoms with Gasteiger partial charge in [0.05, 0.1) is 0 Å². The maximum atomic E-state index is 9.98. The maximum absolute atomic E-state index is 9.98. The summed E-state index contributed by atoms with van der Waals surface area (Å²) in [6.45, 7) is 12.0. The molecule has 0 fully saturated rings. The summed E-state index contributed by atoms with van der Waals surface area (Å²) in [6, 6.07) is 1.14. The van der Waals surface area contributed by atoms with Crippen molar-refractivity contribution in [2.24, 2.45) is 5.92 Å². The highest BCUT2D eigenvalue weighted by Crippen LogP contribution is 2.18. The minimum absolute atomic E-state index is 0.120. The quantitative estimate of drug-likeness (QED) is 0.610. The molecule has 1 rings (SSSR count). The largest absolute Gasteiger partial charge is 0.385 e. The van der Waals surface area contributed by atoms with Crippen molar-refractivity contribution in [3.05, 3.63) is 12.2 Å². The Kier molecular flexibility index (Phi) is 5.49. The van der Waals surface area contributed by atoms with Gasteiger partial charge in [-0.25, -0.2) is 0 Å². The highest BCUT2D eigenvalue weighted by Gasteiger charge is 2.18. The van der Waals surface area contributed by atoms with E-state index in [0.717, 1.165) is 12.7 Å². The van der Waals surface area contributed by atoms with Gasteiger partial charge in [0.1, 0.15) is 19.2 Å². The third-order valence-corrected chi connectivity index (χ3v) is 4.47. The van der Waals surface area contributed by atoms with Crippen LogP contribution in [-0.2, 0) is 11.5 Å². The van der Waals surface area contributed by atoms with E-state index in [1.54, 1.807) is 10.9 Å². The van der Waals surface area contributed by atoms with E-state index in [-0.39, 0.29) is 5.92 Å². The molecule has 0 aromatic carbocycles. The molecule has 1 aromatic heterocycles. The molecule has 0 saturated heterocycles. The maximum Gasteiger partial charge on any atom is 0.163 e. The number of ether oxygens (including phenoxy) is 1. The summed E-state index contributed by atoms with van der Waals surface area (Å²) in [4.78, 5) is 0. The van der Waals surface area contributed by atoms with Crippen LogP contribution < -0.4 is 0 Å². The van der Waals surface area contributed by atoms with Crippen molar-refractivity contribution in [3.63, 3.8) is 0 Å². The molecule has 1 heterocycles. The molecular weight excluding hydrogens is 246 g/mol. The Morgan fingerprint density at radius 3 is 2.61 bits per heavy atom. The smallest absolute Gasteiger partial charge is 0.163 e. The predicted molar refractivity (Wildman–Crippen MR) is 73.9 cm³/mol. The van der Waals surface area contributed by atoms with Crippen LogP contribution in [0.1, 0.15) is 25.8 Å². The summed E-state index contributed by atoms with van der Waals surface area (Å²) in [5.74, 6) is 0.702. The van der Waals surface area contributed by atoms with Gasteiger partial charge in [-0.15, -0.1) is 10.2 Å². The molecule has 1 N–H and O–H groups in total. The molecule has 0 aliphatic heterocycles. The Balaban J connectivity index is 2.46. The fourth-order valence-electron chi connectivity index (χ4n) is 1.43. The van der Waals surface area contributed by atoms with Crippen molar-refractivity contribution >= 4 is 8.07 Å². The summed E-state index contributed by atoms with van der Waals surface area (Å²) < 4.78 is 7.40. The summed E-state index contributed by atoms with van der Waals surface area (Å²) in [7, 11) is -1.05. The van der Waals surface area contributed by atoms with E-state index in [0.29, 0.717) is 12.6 Å². The Labute approximate surface area is 110 Å². The number of hydrogen-bond donors (Lipinski definition) is 1. The van der Waals surface area contributed by atoms with Crippen LogP contribution in [0.3, 0.4) is 0 Å². The topological polar surface area (TPSA) is 60.2 Å². The van der Waals surface area contributed by atoms with Crippen LogP contribution in [0.15, 0.2) is 6.33 Å². The summed E-state index contributed by atoms with van der Waals surface area (Å²) in [5.41, 5.74) is 0. The van der Waals surface area contributed by atoms with Gasteiger partial charge in [-0.3, -0.25) is 4.57 Å². The zero-order valence-corrected chi connectivity index (χ0v) is 13.1. The molecule has 0 aliphatic rings. The van der Waals surface area contributed by atoms with Crippen molar-refractivity contribution in [1.82, 2.24) is 14.8 Å². The summed E-state index contributed by atoms with van der Waals surface area (Å²) >= 11 is 0. The van der Waals surface area contributed by atoms with Crippen LogP contribution in [0.25, 0.3) is 0 Å². The third-order valence-electron chi connectivity index (χ3n) is 2.77. The standard InChI is InChI=1S/C12H25N3O2Si/c1-10(2)11(16)12-14-13-8-15(12)9-17-6-7-18(3,4)5/h8,10-11,16H,6-7,9H2,1-5H3. The second-order valence-corrected chi connectivity index (χ2v) is 11.8. The van der Waals surface area contributed by atoms with E-state index >= 15 is 0 Å². The summed E-state index contributed by atoms with van der Waals surface area (Å²) in [6.07, 6.45) is 1.02. The van der Waals surface area contributed by atoms with E-state index in [1.165, 1.54) is 0 Å². The zero-order valence-electron chi connectivity index (χ0n) is 12.1. The van der Waals surface area contributed by atoms with Crippen molar-refractivity contribution < 1.29 is 9.84 Å². The van der Waals surface area contributed by atoms with E-state index < -0.39 is 14.2 Å². The Morgan fingerprint density at radius 2 is 2.06 bits per heavy atom. The average Bonchev–Trinajstić information content (AvgIpc) is 2.70. The van der Waals surface area contributed by atoms with Crippen molar-refractivity contribution in [2.75, 3.05) is 6.61 Å². The molecule has 0 aliphatic carbocycles. The monoisotopic (exact) mass is 271 g/mol.